The fourth-order valence-corrected chi connectivity index (χ4v) is 3.01. The maximum atomic E-state index is 14.7. The molecular formula is C16H15BrClFO2. The van der Waals surface area contributed by atoms with Crippen LogP contribution in [0.5, 0.6) is 0 Å². The zero-order chi connectivity index (χ0) is 15.6. The van der Waals surface area contributed by atoms with Gasteiger partial charge in [-0.3, -0.25) is 4.79 Å². The van der Waals surface area contributed by atoms with Crippen LogP contribution in [-0.4, -0.2) is 23.9 Å². The van der Waals surface area contributed by atoms with E-state index in [1.807, 2.05) is 24.3 Å². The molecule has 2 rings (SSSR count). The molecule has 0 heterocycles. The van der Waals surface area contributed by atoms with Crippen LogP contribution in [0.25, 0.3) is 5.57 Å². The Morgan fingerprint density at radius 2 is 2.24 bits per heavy atom. The van der Waals surface area contributed by atoms with Crippen LogP contribution in [0.2, 0.25) is 0 Å². The van der Waals surface area contributed by atoms with Gasteiger partial charge >= 0.3 is 0 Å². The molecule has 1 aliphatic carbocycles. The number of ether oxygens (including phenoxy) is 1. The molecule has 0 aliphatic heterocycles. The molecule has 0 fully saturated rings. The minimum atomic E-state index is -1.63. The van der Waals surface area contributed by atoms with E-state index in [-0.39, 0.29) is 11.3 Å². The van der Waals surface area contributed by atoms with Gasteiger partial charge < -0.3 is 4.74 Å². The Morgan fingerprint density at radius 1 is 1.52 bits per heavy atom. The van der Waals surface area contributed by atoms with E-state index in [1.54, 1.807) is 19.9 Å². The lowest BCUT2D eigenvalue weighted by molar-refractivity contribution is -0.105. The summed E-state index contributed by atoms with van der Waals surface area (Å²) in [5.41, 5.74) is 1.33. The van der Waals surface area contributed by atoms with Gasteiger partial charge in [-0.2, -0.15) is 0 Å². The molecular weight excluding hydrogens is 359 g/mol. The Morgan fingerprint density at radius 3 is 2.81 bits per heavy atom. The second-order valence-electron chi connectivity index (χ2n) is 4.88. The number of carbonyl (C=O) groups excluding carboxylic acids is 1. The first-order valence-corrected chi connectivity index (χ1v) is 7.72. The first-order chi connectivity index (χ1) is 9.91. The Kier molecular flexibility index (Phi) is 4.89. The largest absolute Gasteiger partial charge is 0.493 e. The number of rotatable bonds is 4. The SMILES string of the molecule is CCOC1=C(C=O)C(F)C(C)(Cl)C(c2cccc(Br)c2)=C1. The maximum absolute atomic E-state index is 14.7. The van der Waals surface area contributed by atoms with Crippen molar-refractivity contribution in [3.8, 4) is 0 Å². The van der Waals surface area contributed by atoms with Gasteiger partial charge in [0.25, 0.3) is 0 Å². The van der Waals surface area contributed by atoms with Crippen LogP contribution in [-0.2, 0) is 9.53 Å². The summed E-state index contributed by atoms with van der Waals surface area (Å²) >= 11 is 9.80. The number of carbonyl (C=O) groups is 1. The average Bonchev–Trinajstić information content (AvgIpc) is 2.43. The van der Waals surface area contributed by atoms with Gasteiger partial charge in [-0.15, -0.1) is 11.6 Å². The molecule has 2 atom stereocenters. The van der Waals surface area contributed by atoms with Crippen LogP contribution in [0.1, 0.15) is 19.4 Å². The van der Waals surface area contributed by atoms with Crippen molar-refractivity contribution < 1.29 is 13.9 Å². The standard InChI is InChI=1S/C16H15BrClFO2/c1-3-21-14-8-13(10-5-4-6-11(17)7-10)16(2,18)15(19)12(14)9-20/h4-9,15H,3H2,1-2H3. The number of halogens is 3. The van der Waals surface area contributed by atoms with Gasteiger partial charge in [0.15, 0.2) is 12.5 Å². The van der Waals surface area contributed by atoms with Gasteiger partial charge in [-0.05, 0) is 43.2 Å². The van der Waals surface area contributed by atoms with E-state index in [4.69, 9.17) is 16.3 Å². The third-order valence-electron chi connectivity index (χ3n) is 3.40. The predicted molar refractivity (Wildman–Crippen MR) is 86.0 cm³/mol. The van der Waals surface area contributed by atoms with Gasteiger partial charge in [0.2, 0.25) is 0 Å². The highest BCUT2D eigenvalue weighted by atomic mass is 79.9. The zero-order valence-corrected chi connectivity index (χ0v) is 14.0. The molecule has 0 spiro atoms. The van der Waals surface area contributed by atoms with E-state index in [1.165, 1.54) is 0 Å². The van der Waals surface area contributed by atoms with Crippen molar-refractivity contribution in [3.05, 3.63) is 51.7 Å². The van der Waals surface area contributed by atoms with E-state index >= 15 is 0 Å². The van der Waals surface area contributed by atoms with Gasteiger partial charge in [-0.1, -0.05) is 28.1 Å². The third kappa shape index (κ3) is 3.06. The predicted octanol–water partition coefficient (Wildman–Crippen LogP) is 4.67. The minimum Gasteiger partial charge on any atom is -0.493 e. The highest BCUT2D eigenvalue weighted by molar-refractivity contribution is 9.10. The van der Waals surface area contributed by atoms with Gasteiger partial charge in [0, 0.05) is 4.47 Å². The summed E-state index contributed by atoms with van der Waals surface area (Å²) in [6, 6.07) is 7.43. The summed E-state index contributed by atoms with van der Waals surface area (Å²) in [5.74, 6) is 0.244. The van der Waals surface area contributed by atoms with Crippen LogP contribution in [0.4, 0.5) is 4.39 Å². The average molecular weight is 374 g/mol. The Bertz CT molecular complexity index is 622. The molecule has 0 saturated heterocycles. The number of aldehydes is 1. The van der Waals surface area contributed by atoms with Gasteiger partial charge in [-0.25, -0.2) is 4.39 Å². The summed E-state index contributed by atoms with van der Waals surface area (Å²) in [5, 5.41) is 0. The molecule has 0 saturated carbocycles. The van der Waals surface area contributed by atoms with Crippen molar-refractivity contribution >= 4 is 39.4 Å². The summed E-state index contributed by atoms with van der Waals surface area (Å²) in [7, 11) is 0. The molecule has 5 heteroatoms. The molecule has 1 aromatic rings. The fourth-order valence-electron chi connectivity index (χ4n) is 2.33. The van der Waals surface area contributed by atoms with Crippen molar-refractivity contribution in [2.45, 2.75) is 24.9 Å². The van der Waals surface area contributed by atoms with Crippen LogP contribution >= 0.6 is 27.5 Å². The highest BCUT2D eigenvalue weighted by Crippen LogP contribution is 2.44. The molecule has 0 radical (unpaired) electrons. The van der Waals surface area contributed by atoms with Crippen LogP contribution in [0.15, 0.2) is 46.1 Å². The van der Waals surface area contributed by atoms with Crippen LogP contribution < -0.4 is 0 Å². The minimum absolute atomic E-state index is 0.0481. The lowest BCUT2D eigenvalue weighted by Crippen LogP contribution is -2.37. The Hall–Kier alpha value is -1.13. The zero-order valence-electron chi connectivity index (χ0n) is 11.7. The fraction of sp³-hybridized carbons (Fsp3) is 0.312. The van der Waals surface area contributed by atoms with E-state index in [0.29, 0.717) is 18.5 Å². The molecule has 0 bridgehead atoms. The lowest BCUT2D eigenvalue weighted by Gasteiger charge is -2.34. The number of hydrogen-bond acceptors (Lipinski definition) is 2. The molecule has 2 nitrogen and oxygen atoms in total. The molecule has 0 aromatic heterocycles. The summed E-state index contributed by atoms with van der Waals surface area (Å²) in [6.45, 7) is 3.70. The topological polar surface area (TPSA) is 26.3 Å². The van der Waals surface area contributed by atoms with Crippen LogP contribution in [0, 0.1) is 0 Å². The smallest absolute Gasteiger partial charge is 0.155 e. The molecule has 0 N–H and O–H groups in total. The molecule has 21 heavy (non-hydrogen) atoms. The lowest BCUT2D eigenvalue weighted by atomic mass is 9.82. The second kappa shape index (κ2) is 6.32. The van der Waals surface area contributed by atoms with E-state index in [0.717, 1.165) is 10.0 Å². The van der Waals surface area contributed by atoms with E-state index in [9.17, 15) is 9.18 Å². The molecule has 1 aromatic carbocycles. The third-order valence-corrected chi connectivity index (χ3v) is 4.29. The van der Waals surface area contributed by atoms with Crippen molar-refractivity contribution in [2.75, 3.05) is 6.61 Å². The van der Waals surface area contributed by atoms with Crippen molar-refractivity contribution in [1.29, 1.82) is 0 Å². The Balaban J connectivity index is 2.61. The summed E-state index contributed by atoms with van der Waals surface area (Å²) in [4.78, 5) is 9.85. The van der Waals surface area contributed by atoms with Gasteiger partial charge in [0.05, 0.1) is 12.2 Å². The van der Waals surface area contributed by atoms with Crippen LogP contribution in [0.3, 0.4) is 0 Å². The Labute approximate surface area is 136 Å². The van der Waals surface area contributed by atoms with Gasteiger partial charge in [0.1, 0.15) is 10.6 Å². The van der Waals surface area contributed by atoms with E-state index < -0.39 is 11.0 Å². The summed E-state index contributed by atoms with van der Waals surface area (Å²) < 4.78 is 20.9. The van der Waals surface area contributed by atoms with Crippen molar-refractivity contribution in [2.24, 2.45) is 0 Å². The molecule has 0 amide bonds. The monoisotopic (exact) mass is 372 g/mol. The molecule has 112 valence electrons. The normalized spacial score (nSPS) is 25.6. The number of benzene rings is 1. The first kappa shape index (κ1) is 16.2. The highest BCUT2D eigenvalue weighted by Gasteiger charge is 2.43. The second-order valence-corrected chi connectivity index (χ2v) is 6.58. The first-order valence-electron chi connectivity index (χ1n) is 6.55. The molecule has 1 aliphatic rings. The maximum Gasteiger partial charge on any atom is 0.155 e. The quantitative estimate of drug-likeness (QED) is 0.566. The van der Waals surface area contributed by atoms with Crippen molar-refractivity contribution in [3.63, 3.8) is 0 Å². The van der Waals surface area contributed by atoms with Crippen molar-refractivity contribution in [1.82, 2.24) is 0 Å². The van der Waals surface area contributed by atoms with E-state index in [2.05, 4.69) is 15.9 Å². The number of allylic oxidation sites excluding steroid dienone is 3. The number of alkyl halides is 2. The summed E-state index contributed by atoms with van der Waals surface area (Å²) in [6.07, 6.45) is 0.500. The molecule has 2 unspecified atom stereocenters. The number of hydrogen-bond donors (Lipinski definition) is 0.